The van der Waals surface area contributed by atoms with Gasteiger partial charge in [-0.25, -0.2) is 5.43 Å². The zero-order chi connectivity index (χ0) is 21.6. The number of aromatic nitrogens is 2. The molecule has 31 heavy (non-hydrogen) atoms. The van der Waals surface area contributed by atoms with Crippen molar-refractivity contribution in [2.75, 3.05) is 29.7 Å². The molecule has 6 nitrogen and oxygen atoms in total. The van der Waals surface area contributed by atoms with Crippen LogP contribution in [0.15, 0.2) is 53.6 Å². The molecule has 3 aromatic rings. The van der Waals surface area contributed by atoms with Gasteiger partial charge in [0.1, 0.15) is 5.69 Å². The second-order valence-electron chi connectivity index (χ2n) is 7.24. The quantitative estimate of drug-likeness (QED) is 0.303. The molecule has 1 heterocycles. The second-order valence-corrected chi connectivity index (χ2v) is 7.99. The van der Waals surface area contributed by atoms with Gasteiger partial charge in [0, 0.05) is 41.7 Å². The number of anilines is 1. The monoisotopic (exact) mass is 455 g/mol. The Balaban J connectivity index is 1.41. The number of benzene rings is 2. The number of rotatable bonds is 8. The van der Waals surface area contributed by atoms with Crippen molar-refractivity contribution in [3.8, 4) is 11.3 Å². The molecule has 160 valence electrons. The van der Waals surface area contributed by atoms with Gasteiger partial charge in [0.25, 0.3) is 5.91 Å². The molecule has 1 aliphatic rings. The van der Waals surface area contributed by atoms with Crippen LogP contribution in [0.2, 0.25) is 0 Å². The highest BCUT2D eigenvalue weighted by Crippen LogP contribution is 2.33. The van der Waals surface area contributed by atoms with Crippen molar-refractivity contribution in [1.82, 2.24) is 15.6 Å². The number of hydrazone groups is 1. The van der Waals surface area contributed by atoms with E-state index in [-0.39, 0.29) is 5.91 Å². The third-order valence-electron chi connectivity index (χ3n) is 5.36. The van der Waals surface area contributed by atoms with Crippen molar-refractivity contribution in [1.29, 1.82) is 0 Å². The molecule has 0 bridgehead atoms. The van der Waals surface area contributed by atoms with Crippen molar-refractivity contribution < 1.29 is 4.79 Å². The SMILES string of the molecule is O=C(N/N=C/c1ccc(N(CCCl)CCCl)cc1)c1[nH]nc2c1CCc1ccccc1-2. The number of carbonyl (C=O) groups is 1. The number of nitrogens with zero attached hydrogens (tertiary/aromatic N) is 3. The minimum atomic E-state index is -0.295. The molecule has 4 rings (SSSR count). The molecule has 0 spiro atoms. The van der Waals surface area contributed by atoms with Crippen molar-refractivity contribution >= 4 is 41.0 Å². The normalized spacial score (nSPS) is 12.5. The topological polar surface area (TPSA) is 73.4 Å². The van der Waals surface area contributed by atoms with Crippen LogP contribution < -0.4 is 10.3 Å². The van der Waals surface area contributed by atoms with Crippen molar-refractivity contribution in [3.05, 3.63) is 70.9 Å². The Kier molecular flexibility index (Phi) is 6.89. The fourth-order valence-electron chi connectivity index (χ4n) is 3.81. The average Bonchev–Trinajstić information content (AvgIpc) is 3.24. The average molecular weight is 456 g/mol. The molecule has 1 aromatic heterocycles. The molecule has 8 heteroatoms. The van der Waals surface area contributed by atoms with Gasteiger partial charge in [-0.1, -0.05) is 36.4 Å². The van der Waals surface area contributed by atoms with Crippen molar-refractivity contribution in [3.63, 3.8) is 0 Å². The maximum atomic E-state index is 12.6. The van der Waals surface area contributed by atoms with Crippen LogP contribution in [-0.2, 0) is 12.8 Å². The molecule has 0 atom stereocenters. The summed E-state index contributed by atoms with van der Waals surface area (Å²) in [6.45, 7) is 1.47. The van der Waals surface area contributed by atoms with Gasteiger partial charge in [-0.3, -0.25) is 9.89 Å². The van der Waals surface area contributed by atoms with Crippen LogP contribution in [0.25, 0.3) is 11.3 Å². The number of fused-ring (bicyclic) bond motifs is 3. The molecule has 0 fully saturated rings. The van der Waals surface area contributed by atoms with E-state index in [1.165, 1.54) is 5.56 Å². The summed E-state index contributed by atoms with van der Waals surface area (Å²) in [7, 11) is 0. The summed E-state index contributed by atoms with van der Waals surface area (Å²) in [5, 5.41) is 11.4. The van der Waals surface area contributed by atoms with Gasteiger partial charge in [0.2, 0.25) is 0 Å². The molecule has 0 unspecified atom stereocenters. The molecule has 1 aliphatic carbocycles. The molecular weight excluding hydrogens is 433 g/mol. The number of nitrogens with one attached hydrogen (secondary N) is 2. The fraction of sp³-hybridized carbons (Fsp3) is 0.261. The lowest BCUT2D eigenvalue weighted by Crippen LogP contribution is -2.27. The number of amides is 1. The standard InChI is InChI=1S/C23H23Cl2N5O/c24-11-13-30(14-12-25)18-8-5-16(6-9-18)15-26-29-23(31)22-20-10-7-17-3-1-2-4-19(17)21(20)27-28-22/h1-6,8-9,15H,7,10-14H2,(H,27,28)(H,29,31)/b26-15+. The number of alkyl halides is 2. The van der Waals surface area contributed by atoms with E-state index in [0.29, 0.717) is 17.5 Å². The smallest absolute Gasteiger partial charge is 0.289 e. The first-order valence-corrected chi connectivity index (χ1v) is 11.2. The van der Waals surface area contributed by atoms with Gasteiger partial charge in [-0.2, -0.15) is 10.2 Å². The molecule has 1 amide bonds. The number of aromatic amines is 1. The second kappa shape index (κ2) is 9.98. The van der Waals surface area contributed by atoms with Gasteiger partial charge in [0.15, 0.2) is 0 Å². The zero-order valence-electron chi connectivity index (χ0n) is 16.9. The summed E-state index contributed by atoms with van der Waals surface area (Å²) in [6, 6.07) is 16.0. The van der Waals surface area contributed by atoms with E-state index >= 15 is 0 Å². The lowest BCUT2D eigenvalue weighted by Gasteiger charge is -2.22. The number of hydrogen-bond donors (Lipinski definition) is 2. The highest BCUT2D eigenvalue weighted by atomic mass is 35.5. The van der Waals surface area contributed by atoms with Gasteiger partial charge in [-0.15, -0.1) is 23.2 Å². The van der Waals surface area contributed by atoms with Crippen LogP contribution >= 0.6 is 23.2 Å². The Labute approximate surface area is 191 Å². The first kappa shape index (κ1) is 21.4. The van der Waals surface area contributed by atoms with E-state index < -0.39 is 0 Å². The summed E-state index contributed by atoms with van der Waals surface area (Å²) in [6.07, 6.45) is 3.29. The minimum absolute atomic E-state index is 0.295. The number of H-pyrrole nitrogens is 1. The zero-order valence-corrected chi connectivity index (χ0v) is 18.5. The maximum absolute atomic E-state index is 12.6. The van der Waals surface area contributed by atoms with Gasteiger partial charge < -0.3 is 4.90 Å². The largest absolute Gasteiger partial charge is 0.369 e. The Hall–Kier alpha value is -2.83. The van der Waals surface area contributed by atoms with Crippen LogP contribution in [0.3, 0.4) is 0 Å². The summed E-state index contributed by atoms with van der Waals surface area (Å²) >= 11 is 11.7. The van der Waals surface area contributed by atoms with Crippen molar-refractivity contribution in [2.24, 2.45) is 5.10 Å². The third kappa shape index (κ3) is 4.75. The minimum Gasteiger partial charge on any atom is -0.369 e. The lowest BCUT2D eigenvalue weighted by atomic mass is 9.89. The number of hydrogen-bond acceptors (Lipinski definition) is 4. The Morgan fingerprint density at radius 2 is 1.84 bits per heavy atom. The molecule has 0 saturated heterocycles. The first-order chi connectivity index (χ1) is 15.2. The number of aryl methyl sites for hydroxylation is 1. The Morgan fingerprint density at radius 3 is 2.58 bits per heavy atom. The molecule has 0 saturated carbocycles. The van der Waals surface area contributed by atoms with Gasteiger partial charge >= 0.3 is 0 Å². The fourth-order valence-corrected chi connectivity index (χ4v) is 4.22. The van der Waals surface area contributed by atoms with E-state index in [1.807, 2.05) is 42.5 Å². The van der Waals surface area contributed by atoms with E-state index in [0.717, 1.165) is 54.0 Å². The Bertz CT molecular complexity index is 1070. The Morgan fingerprint density at radius 1 is 1.10 bits per heavy atom. The number of halogens is 2. The summed E-state index contributed by atoms with van der Waals surface area (Å²) in [4.78, 5) is 14.8. The first-order valence-electron chi connectivity index (χ1n) is 10.2. The molecule has 2 N–H and O–H groups in total. The van der Waals surface area contributed by atoms with E-state index in [2.05, 4.69) is 31.7 Å². The highest BCUT2D eigenvalue weighted by Gasteiger charge is 2.24. The molecule has 2 aromatic carbocycles. The third-order valence-corrected chi connectivity index (χ3v) is 5.70. The van der Waals surface area contributed by atoms with E-state index in [4.69, 9.17) is 23.2 Å². The van der Waals surface area contributed by atoms with Crippen molar-refractivity contribution in [2.45, 2.75) is 12.8 Å². The van der Waals surface area contributed by atoms with Gasteiger partial charge in [-0.05, 0) is 36.1 Å². The van der Waals surface area contributed by atoms with Crippen LogP contribution in [0.4, 0.5) is 5.69 Å². The molecule has 0 radical (unpaired) electrons. The van der Waals surface area contributed by atoms with Gasteiger partial charge in [0.05, 0.1) is 11.9 Å². The van der Waals surface area contributed by atoms with Crippen LogP contribution in [0.1, 0.15) is 27.2 Å². The maximum Gasteiger partial charge on any atom is 0.289 e. The summed E-state index contributed by atoms with van der Waals surface area (Å²) in [5.74, 6) is 0.778. The molecule has 0 aliphatic heterocycles. The van der Waals surface area contributed by atoms with E-state index in [9.17, 15) is 4.79 Å². The highest BCUT2D eigenvalue weighted by molar-refractivity contribution is 6.18. The predicted octanol–water partition coefficient (Wildman–Crippen LogP) is 4.22. The summed E-state index contributed by atoms with van der Waals surface area (Å²) < 4.78 is 0. The van der Waals surface area contributed by atoms with Crippen LogP contribution in [0, 0.1) is 0 Å². The number of carbonyl (C=O) groups excluding carboxylic acids is 1. The lowest BCUT2D eigenvalue weighted by molar-refractivity contribution is 0.0949. The molecular formula is C23H23Cl2N5O. The summed E-state index contributed by atoms with van der Waals surface area (Å²) in [5.41, 5.74) is 9.12. The van der Waals surface area contributed by atoms with Crippen LogP contribution in [-0.4, -0.2) is 47.2 Å². The predicted molar refractivity (Wildman–Crippen MR) is 127 cm³/mol. The van der Waals surface area contributed by atoms with E-state index in [1.54, 1.807) is 6.21 Å². The van der Waals surface area contributed by atoms with Crippen LogP contribution in [0.5, 0.6) is 0 Å².